The molecule has 6 nitrogen and oxygen atoms in total. The van der Waals surface area contributed by atoms with Crippen LogP contribution in [0.25, 0.3) is 17.4 Å². The number of halogens is 1. The molecule has 2 heterocycles. The predicted octanol–water partition coefficient (Wildman–Crippen LogP) is 3.30. The number of carbonyl (C=O) groups excluding carboxylic acids is 3. The van der Waals surface area contributed by atoms with Gasteiger partial charge < -0.3 is 9.15 Å². The van der Waals surface area contributed by atoms with E-state index in [0.29, 0.717) is 17.1 Å². The lowest BCUT2D eigenvalue weighted by molar-refractivity contribution is -0.143. The van der Waals surface area contributed by atoms with Gasteiger partial charge in [-0.3, -0.25) is 19.3 Å². The summed E-state index contributed by atoms with van der Waals surface area (Å²) in [7, 11) is 1.18. The van der Waals surface area contributed by atoms with E-state index in [1.807, 2.05) is 0 Å². The number of esters is 1. The number of imide groups is 1. The Bertz CT molecular complexity index is 871. The number of benzene rings is 1. The maximum Gasteiger partial charge on any atom is 0.325 e. The van der Waals surface area contributed by atoms with E-state index in [0.717, 1.165) is 16.7 Å². The number of rotatable bonds is 4. The van der Waals surface area contributed by atoms with E-state index in [4.69, 9.17) is 4.42 Å². The van der Waals surface area contributed by atoms with Crippen LogP contribution in [0.2, 0.25) is 0 Å². The van der Waals surface area contributed by atoms with Crippen LogP contribution in [-0.4, -0.2) is 35.7 Å². The van der Waals surface area contributed by atoms with Crippen molar-refractivity contribution in [1.29, 1.82) is 0 Å². The van der Waals surface area contributed by atoms with Crippen LogP contribution in [0.15, 0.2) is 45.7 Å². The van der Waals surface area contributed by atoms with Gasteiger partial charge in [0.2, 0.25) is 0 Å². The molecule has 1 aromatic heterocycles. The molecule has 0 spiro atoms. The first-order valence-electron chi connectivity index (χ1n) is 7.16. The molecule has 25 heavy (non-hydrogen) atoms. The van der Waals surface area contributed by atoms with E-state index in [-0.39, 0.29) is 10.7 Å². The average molecular weight is 361 g/mol. The maximum absolute atomic E-state index is 13.0. The highest BCUT2D eigenvalue weighted by Gasteiger charge is 2.36. The molecule has 0 unspecified atom stereocenters. The average Bonchev–Trinajstić information content (AvgIpc) is 3.16. The zero-order chi connectivity index (χ0) is 18.0. The highest BCUT2D eigenvalue weighted by atomic mass is 32.2. The number of nitrogens with zero attached hydrogens (tertiary/aromatic N) is 1. The van der Waals surface area contributed by atoms with Crippen molar-refractivity contribution in [2.75, 3.05) is 13.7 Å². The lowest BCUT2D eigenvalue weighted by Crippen LogP contribution is -2.34. The Kier molecular flexibility index (Phi) is 4.71. The normalized spacial score (nSPS) is 15.9. The molecule has 0 radical (unpaired) electrons. The summed E-state index contributed by atoms with van der Waals surface area (Å²) in [6, 6.07) is 9.08. The summed E-state index contributed by atoms with van der Waals surface area (Å²) in [5.74, 6) is -0.752. The van der Waals surface area contributed by atoms with Gasteiger partial charge in [0.05, 0.1) is 12.0 Å². The van der Waals surface area contributed by atoms with Gasteiger partial charge in [-0.2, -0.15) is 0 Å². The van der Waals surface area contributed by atoms with Gasteiger partial charge in [0.15, 0.2) is 0 Å². The van der Waals surface area contributed by atoms with Crippen LogP contribution in [0.1, 0.15) is 5.76 Å². The Hall–Kier alpha value is -2.87. The molecule has 1 aromatic carbocycles. The van der Waals surface area contributed by atoms with E-state index >= 15 is 0 Å². The quantitative estimate of drug-likeness (QED) is 0.614. The van der Waals surface area contributed by atoms with Gasteiger partial charge in [-0.25, -0.2) is 4.39 Å². The zero-order valence-corrected chi connectivity index (χ0v) is 13.8. The summed E-state index contributed by atoms with van der Waals surface area (Å²) < 4.78 is 23.0. The van der Waals surface area contributed by atoms with Gasteiger partial charge >= 0.3 is 5.97 Å². The molecule has 0 atom stereocenters. The highest BCUT2D eigenvalue weighted by molar-refractivity contribution is 8.18. The van der Waals surface area contributed by atoms with Gasteiger partial charge in [0.1, 0.15) is 23.9 Å². The first kappa shape index (κ1) is 17.0. The Morgan fingerprint density at radius 2 is 1.96 bits per heavy atom. The molecule has 3 rings (SSSR count). The van der Waals surface area contributed by atoms with Crippen LogP contribution in [-0.2, 0) is 14.3 Å². The van der Waals surface area contributed by atoms with Gasteiger partial charge in [0.25, 0.3) is 11.1 Å². The fourth-order valence-corrected chi connectivity index (χ4v) is 2.98. The third kappa shape index (κ3) is 3.63. The molecule has 1 saturated heterocycles. The summed E-state index contributed by atoms with van der Waals surface area (Å²) in [6.45, 7) is -0.433. The number of ether oxygens (including phenoxy) is 1. The number of methoxy groups -OCH3 is 1. The molecule has 2 aromatic rings. The van der Waals surface area contributed by atoms with Crippen molar-refractivity contribution in [3.05, 3.63) is 52.9 Å². The van der Waals surface area contributed by atoms with Crippen LogP contribution in [0.5, 0.6) is 0 Å². The molecule has 0 saturated carbocycles. The largest absolute Gasteiger partial charge is 0.468 e. The van der Waals surface area contributed by atoms with Crippen molar-refractivity contribution in [2.24, 2.45) is 0 Å². The second kappa shape index (κ2) is 6.94. The zero-order valence-electron chi connectivity index (χ0n) is 13.0. The molecule has 8 heteroatoms. The number of hydrogen-bond donors (Lipinski definition) is 0. The fraction of sp³-hybridized carbons (Fsp3) is 0.118. The van der Waals surface area contributed by atoms with Crippen LogP contribution in [0.3, 0.4) is 0 Å². The highest BCUT2D eigenvalue weighted by Crippen LogP contribution is 2.33. The molecule has 2 amide bonds. The summed E-state index contributed by atoms with van der Waals surface area (Å²) >= 11 is 0.717. The predicted molar refractivity (Wildman–Crippen MR) is 88.8 cm³/mol. The minimum absolute atomic E-state index is 0.147. The van der Waals surface area contributed by atoms with Crippen LogP contribution in [0, 0.1) is 5.82 Å². The smallest absolute Gasteiger partial charge is 0.325 e. The number of hydrogen-bond acceptors (Lipinski definition) is 6. The fourth-order valence-electron chi connectivity index (χ4n) is 2.16. The van der Waals surface area contributed by atoms with Crippen molar-refractivity contribution < 1.29 is 27.9 Å². The van der Waals surface area contributed by atoms with E-state index in [1.165, 1.54) is 25.3 Å². The minimum Gasteiger partial charge on any atom is -0.468 e. The second-order valence-electron chi connectivity index (χ2n) is 5.05. The molecule has 1 aliphatic rings. The lowest BCUT2D eigenvalue weighted by Gasteiger charge is -2.09. The maximum atomic E-state index is 13.0. The van der Waals surface area contributed by atoms with Crippen LogP contribution in [0.4, 0.5) is 9.18 Å². The van der Waals surface area contributed by atoms with Gasteiger partial charge in [-0.15, -0.1) is 0 Å². The van der Waals surface area contributed by atoms with E-state index in [1.54, 1.807) is 24.3 Å². The van der Waals surface area contributed by atoms with E-state index in [9.17, 15) is 18.8 Å². The molecule has 0 bridgehead atoms. The monoisotopic (exact) mass is 361 g/mol. The second-order valence-corrected chi connectivity index (χ2v) is 6.05. The van der Waals surface area contributed by atoms with Crippen LogP contribution < -0.4 is 0 Å². The molecular formula is C17H12FNO5S. The SMILES string of the molecule is COC(=O)CN1C(=O)S/C(=C/c2ccc(-c3ccc(F)cc3)o2)C1=O. The molecule has 1 aliphatic heterocycles. The lowest BCUT2D eigenvalue weighted by atomic mass is 10.2. The molecular weight excluding hydrogens is 349 g/mol. The van der Waals surface area contributed by atoms with Gasteiger partial charge in [-0.05, 0) is 48.2 Å². The molecule has 128 valence electrons. The number of furan rings is 1. The van der Waals surface area contributed by atoms with Crippen molar-refractivity contribution >= 4 is 35.0 Å². The summed E-state index contributed by atoms with van der Waals surface area (Å²) in [5, 5.41) is -0.549. The van der Waals surface area contributed by atoms with E-state index in [2.05, 4.69) is 4.74 Å². The third-order valence-corrected chi connectivity index (χ3v) is 4.32. The van der Waals surface area contributed by atoms with Crippen LogP contribution >= 0.6 is 11.8 Å². The van der Waals surface area contributed by atoms with Crippen molar-refractivity contribution in [3.63, 3.8) is 0 Å². The number of amides is 2. The first-order valence-corrected chi connectivity index (χ1v) is 7.97. The Balaban J connectivity index is 1.79. The van der Waals surface area contributed by atoms with Crippen molar-refractivity contribution in [2.45, 2.75) is 0 Å². The molecule has 1 fully saturated rings. The Morgan fingerprint density at radius 1 is 1.24 bits per heavy atom. The molecule has 0 N–H and O–H groups in total. The standard InChI is InChI=1S/C17H12FNO5S/c1-23-15(20)9-19-16(21)14(25-17(19)22)8-12-6-7-13(24-12)10-2-4-11(18)5-3-10/h2-8H,9H2,1H3/b14-8+. The minimum atomic E-state index is -0.680. The van der Waals surface area contributed by atoms with Gasteiger partial charge in [-0.1, -0.05) is 0 Å². The Labute approximate surface area is 146 Å². The first-order chi connectivity index (χ1) is 12.0. The van der Waals surface area contributed by atoms with E-state index < -0.39 is 23.7 Å². The molecule has 0 aliphatic carbocycles. The summed E-state index contributed by atoms with van der Waals surface area (Å²) in [4.78, 5) is 36.3. The topological polar surface area (TPSA) is 76.8 Å². The van der Waals surface area contributed by atoms with Gasteiger partial charge in [0, 0.05) is 11.6 Å². The van der Waals surface area contributed by atoms with Crippen molar-refractivity contribution in [3.8, 4) is 11.3 Å². The summed E-state index contributed by atoms with van der Waals surface area (Å²) in [5.41, 5.74) is 0.680. The van der Waals surface area contributed by atoms with Crippen molar-refractivity contribution in [1.82, 2.24) is 4.90 Å². The third-order valence-electron chi connectivity index (χ3n) is 3.42. The number of thioether (sulfide) groups is 1. The summed E-state index contributed by atoms with van der Waals surface area (Å²) in [6.07, 6.45) is 1.43. The Morgan fingerprint density at radius 3 is 2.64 bits per heavy atom. The number of carbonyl (C=O) groups is 3.